The number of hydrogen-bond acceptors (Lipinski definition) is 2. The van der Waals surface area contributed by atoms with E-state index in [1.165, 1.54) is 6.92 Å². The zero-order chi connectivity index (χ0) is 12.1. The molecule has 1 atom stereocenters. The van der Waals surface area contributed by atoms with Gasteiger partial charge in [0.25, 0.3) is 0 Å². The molecule has 1 unspecified atom stereocenters. The van der Waals surface area contributed by atoms with Crippen LogP contribution >= 0.6 is 22.6 Å². The van der Waals surface area contributed by atoms with E-state index in [0.717, 1.165) is 3.57 Å². The minimum Gasteiger partial charge on any atom is -0.480 e. The summed E-state index contributed by atoms with van der Waals surface area (Å²) in [6, 6.07) is 5.73. The van der Waals surface area contributed by atoms with Gasteiger partial charge in [-0.3, -0.25) is 4.79 Å². The molecule has 3 N–H and O–H groups in total. The van der Waals surface area contributed by atoms with Gasteiger partial charge in [-0.1, -0.05) is 0 Å². The molecule has 6 heteroatoms. The average Bonchev–Trinajstić information content (AvgIpc) is 2.21. The summed E-state index contributed by atoms with van der Waals surface area (Å²) in [7, 11) is 0. The van der Waals surface area contributed by atoms with E-state index in [4.69, 9.17) is 5.11 Å². The largest absolute Gasteiger partial charge is 0.480 e. The SMILES string of the molecule is CC(NC(=O)Nc1ccc(I)cc1)C(=O)O. The summed E-state index contributed by atoms with van der Waals surface area (Å²) < 4.78 is 1.06. The van der Waals surface area contributed by atoms with Gasteiger partial charge < -0.3 is 15.7 Å². The first-order valence-electron chi connectivity index (χ1n) is 4.55. The molecule has 0 aliphatic carbocycles. The molecule has 0 radical (unpaired) electrons. The number of carbonyl (C=O) groups excluding carboxylic acids is 1. The van der Waals surface area contributed by atoms with Crippen molar-refractivity contribution in [2.24, 2.45) is 0 Å². The first kappa shape index (κ1) is 12.8. The van der Waals surface area contributed by atoms with Crippen molar-refractivity contribution in [3.05, 3.63) is 27.8 Å². The maximum absolute atomic E-state index is 11.3. The Kier molecular flexibility index (Phi) is 4.53. The molecule has 0 fully saturated rings. The molecule has 0 saturated carbocycles. The molecule has 5 nitrogen and oxygen atoms in total. The van der Waals surface area contributed by atoms with Crippen LogP contribution in [0.1, 0.15) is 6.92 Å². The number of nitrogens with one attached hydrogen (secondary N) is 2. The molecule has 1 aromatic rings. The van der Waals surface area contributed by atoms with Crippen LogP contribution in [0.5, 0.6) is 0 Å². The zero-order valence-corrected chi connectivity index (χ0v) is 10.7. The van der Waals surface area contributed by atoms with Crippen molar-refractivity contribution in [2.75, 3.05) is 5.32 Å². The highest BCUT2D eigenvalue weighted by atomic mass is 127. The molecular formula is C10H11IN2O3. The number of anilines is 1. The van der Waals surface area contributed by atoms with Gasteiger partial charge in [-0.05, 0) is 53.8 Å². The number of halogens is 1. The van der Waals surface area contributed by atoms with Crippen LogP contribution in [0.3, 0.4) is 0 Å². The lowest BCUT2D eigenvalue weighted by atomic mass is 10.3. The van der Waals surface area contributed by atoms with Gasteiger partial charge >= 0.3 is 12.0 Å². The number of aliphatic carboxylic acids is 1. The molecule has 2 amide bonds. The Labute approximate surface area is 106 Å². The lowest BCUT2D eigenvalue weighted by Crippen LogP contribution is -2.40. The maximum Gasteiger partial charge on any atom is 0.325 e. The van der Waals surface area contributed by atoms with Gasteiger partial charge in [0.2, 0.25) is 0 Å². The van der Waals surface area contributed by atoms with Gasteiger partial charge in [0.1, 0.15) is 6.04 Å². The van der Waals surface area contributed by atoms with Crippen LogP contribution in [0.25, 0.3) is 0 Å². The standard InChI is InChI=1S/C10H11IN2O3/c1-6(9(14)15)12-10(16)13-8-4-2-7(11)3-5-8/h2-6H,1H3,(H,14,15)(H2,12,13,16). The molecule has 0 heterocycles. The Morgan fingerprint density at radius 1 is 1.31 bits per heavy atom. The second-order valence-electron chi connectivity index (χ2n) is 3.17. The normalized spacial score (nSPS) is 11.6. The Balaban J connectivity index is 2.52. The smallest absolute Gasteiger partial charge is 0.325 e. The molecule has 1 rings (SSSR count). The Morgan fingerprint density at radius 3 is 2.38 bits per heavy atom. The molecule has 86 valence electrons. The molecule has 0 saturated heterocycles. The predicted octanol–water partition coefficient (Wildman–Crippen LogP) is 1.89. The highest BCUT2D eigenvalue weighted by Gasteiger charge is 2.13. The van der Waals surface area contributed by atoms with Gasteiger partial charge in [0, 0.05) is 9.26 Å². The summed E-state index contributed by atoms with van der Waals surface area (Å²) in [5, 5.41) is 13.4. The van der Waals surface area contributed by atoms with Crippen LogP contribution in [0.4, 0.5) is 10.5 Å². The van der Waals surface area contributed by atoms with E-state index in [0.29, 0.717) is 5.69 Å². The van der Waals surface area contributed by atoms with Crippen LogP contribution in [-0.4, -0.2) is 23.1 Å². The van der Waals surface area contributed by atoms with E-state index in [1.54, 1.807) is 12.1 Å². The molecule has 0 spiro atoms. The van der Waals surface area contributed by atoms with Gasteiger partial charge in [-0.25, -0.2) is 4.79 Å². The third-order valence-electron chi connectivity index (χ3n) is 1.82. The number of hydrogen-bond donors (Lipinski definition) is 3. The number of amides is 2. The van der Waals surface area contributed by atoms with Crippen molar-refractivity contribution in [3.63, 3.8) is 0 Å². The Morgan fingerprint density at radius 2 is 1.88 bits per heavy atom. The highest BCUT2D eigenvalue weighted by Crippen LogP contribution is 2.10. The minimum absolute atomic E-state index is 0.531. The summed E-state index contributed by atoms with van der Waals surface area (Å²) >= 11 is 2.15. The number of rotatable bonds is 3. The molecule has 0 aliphatic rings. The predicted molar refractivity (Wildman–Crippen MR) is 68.4 cm³/mol. The molecular weight excluding hydrogens is 323 g/mol. The van der Waals surface area contributed by atoms with E-state index < -0.39 is 18.0 Å². The van der Waals surface area contributed by atoms with E-state index in [9.17, 15) is 9.59 Å². The average molecular weight is 334 g/mol. The van der Waals surface area contributed by atoms with E-state index in [2.05, 4.69) is 33.2 Å². The minimum atomic E-state index is -1.07. The number of carbonyl (C=O) groups is 2. The van der Waals surface area contributed by atoms with Crippen LogP contribution in [0.2, 0.25) is 0 Å². The van der Waals surface area contributed by atoms with Gasteiger partial charge in [0.05, 0.1) is 0 Å². The molecule has 0 aliphatic heterocycles. The van der Waals surface area contributed by atoms with Gasteiger partial charge in [-0.15, -0.1) is 0 Å². The lowest BCUT2D eigenvalue weighted by molar-refractivity contribution is -0.138. The number of carboxylic acids is 1. The highest BCUT2D eigenvalue weighted by molar-refractivity contribution is 14.1. The summed E-state index contributed by atoms with van der Waals surface area (Å²) in [4.78, 5) is 21.8. The van der Waals surface area contributed by atoms with Crippen molar-refractivity contribution < 1.29 is 14.7 Å². The fourth-order valence-electron chi connectivity index (χ4n) is 0.959. The monoisotopic (exact) mass is 334 g/mol. The Hall–Kier alpha value is -1.31. The van der Waals surface area contributed by atoms with Crippen molar-refractivity contribution in [1.29, 1.82) is 0 Å². The van der Waals surface area contributed by atoms with E-state index in [1.807, 2.05) is 12.1 Å². The lowest BCUT2D eigenvalue weighted by Gasteiger charge is -2.10. The van der Waals surface area contributed by atoms with Crippen molar-refractivity contribution in [3.8, 4) is 0 Å². The molecule has 0 aromatic heterocycles. The second-order valence-corrected chi connectivity index (χ2v) is 4.41. The summed E-state index contributed by atoms with van der Waals surface area (Å²) in [5.74, 6) is -1.07. The molecule has 16 heavy (non-hydrogen) atoms. The van der Waals surface area contributed by atoms with Crippen molar-refractivity contribution in [1.82, 2.24) is 5.32 Å². The summed E-state index contributed by atoms with van der Waals surface area (Å²) in [5.41, 5.74) is 0.621. The van der Waals surface area contributed by atoms with Crippen LogP contribution in [0.15, 0.2) is 24.3 Å². The number of urea groups is 1. The van der Waals surface area contributed by atoms with Gasteiger partial charge in [0.15, 0.2) is 0 Å². The van der Waals surface area contributed by atoms with E-state index >= 15 is 0 Å². The van der Waals surface area contributed by atoms with Crippen LogP contribution in [0, 0.1) is 3.57 Å². The van der Waals surface area contributed by atoms with E-state index in [-0.39, 0.29) is 0 Å². The molecule has 1 aromatic carbocycles. The third kappa shape index (κ3) is 4.05. The first-order valence-corrected chi connectivity index (χ1v) is 5.63. The first-order chi connectivity index (χ1) is 7.49. The maximum atomic E-state index is 11.3. The fourth-order valence-corrected chi connectivity index (χ4v) is 1.32. The van der Waals surface area contributed by atoms with Crippen molar-refractivity contribution in [2.45, 2.75) is 13.0 Å². The summed E-state index contributed by atoms with van der Waals surface area (Å²) in [6.07, 6.45) is 0. The summed E-state index contributed by atoms with van der Waals surface area (Å²) in [6.45, 7) is 1.40. The number of carboxylic acid groups (broad SMARTS) is 1. The zero-order valence-electron chi connectivity index (χ0n) is 8.53. The van der Waals surface area contributed by atoms with Crippen LogP contribution < -0.4 is 10.6 Å². The van der Waals surface area contributed by atoms with Crippen LogP contribution in [-0.2, 0) is 4.79 Å². The van der Waals surface area contributed by atoms with Gasteiger partial charge in [-0.2, -0.15) is 0 Å². The van der Waals surface area contributed by atoms with Crippen molar-refractivity contribution >= 4 is 40.3 Å². The quantitative estimate of drug-likeness (QED) is 0.739. The number of benzene rings is 1. The Bertz CT molecular complexity index is 392. The fraction of sp³-hybridized carbons (Fsp3) is 0.200. The second kappa shape index (κ2) is 5.69. The third-order valence-corrected chi connectivity index (χ3v) is 2.54. The topological polar surface area (TPSA) is 78.4 Å². The molecule has 0 bridgehead atoms.